The monoisotopic (exact) mass is 337 g/mol. The molecule has 1 heterocycles. The van der Waals surface area contributed by atoms with E-state index in [0.29, 0.717) is 0 Å². The maximum absolute atomic E-state index is 12.1. The third-order valence-corrected chi connectivity index (χ3v) is 4.27. The van der Waals surface area contributed by atoms with Crippen molar-refractivity contribution in [2.45, 2.75) is 13.5 Å². The second kappa shape index (κ2) is 5.66. The minimum Gasteiger partial charge on any atom is -0.368 e. The predicted octanol–water partition coefficient (Wildman–Crippen LogP) is 1.66. The highest BCUT2D eigenvalue weighted by molar-refractivity contribution is 9.10. The quantitative estimate of drug-likeness (QED) is 0.921. The predicted molar refractivity (Wildman–Crippen MR) is 81.2 cm³/mol. The van der Waals surface area contributed by atoms with E-state index in [9.17, 15) is 9.59 Å². The molecule has 5 nitrogen and oxygen atoms in total. The lowest BCUT2D eigenvalue weighted by Gasteiger charge is -2.16. The molecule has 106 valence electrons. The smallest absolute Gasteiger partial charge is 0.242 e. The fourth-order valence-electron chi connectivity index (χ4n) is 2.17. The molecule has 2 rings (SSSR count). The summed E-state index contributed by atoms with van der Waals surface area (Å²) in [6, 6.07) is 7.86. The zero-order valence-electron chi connectivity index (χ0n) is 11.4. The van der Waals surface area contributed by atoms with E-state index in [1.807, 2.05) is 35.8 Å². The lowest BCUT2D eigenvalue weighted by atomic mass is 10.2. The summed E-state index contributed by atoms with van der Waals surface area (Å²) in [5, 5.41) is 1.07. The Labute approximate surface area is 125 Å². The molecule has 0 aliphatic rings. The van der Waals surface area contributed by atoms with Crippen LogP contribution in [0.25, 0.3) is 10.9 Å². The Morgan fingerprint density at radius 1 is 1.35 bits per heavy atom. The second-order valence-corrected chi connectivity index (χ2v) is 5.51. The Balaban J connectivity index is 2.32. The zero-order chi connectivity index (χ0) is 14.9. The minimum absolute atomic E-state index is 0.0712. The number of hydrogen-bond acceptors (Lipinski definition) is 2. The molecule has 20 heavy (non-hydrogen) atoms. The molecular formula is C14H16BrN3O2. The fourth-order valence-corrected chi connectivity index (χ4v) is 2.72. The Hall–Kier alpha value is -1.82. The van der Waals surface area contributed by atoms with Crippen LogP contribution in [0.5, 0.6) is 0 Å². The first-order valence-corrected chi connectivity index (χ1v) is 6.96. The number of likely N-dealkylation sites (N-methyl/N-ethyl adjacent to an activating group) is 1. The molecule has 0 unspecified atom stereocenters. The van der Waals surface area contributed by atoms with Crippen molar-refractivity contribution in [3.8, 4) is 0 Å². The van der Waals surface area contributed by atoms with Gasteiger partial charge >= 0.3 is 0 Å². The fraction of sp³-hybridized carbons (Fsp3) is 0.286. The van der Waals surface area contributed by atoms with Gasteiger partial charge < -0.3 is 15.2 Å². The van der Waals surface area contributed by atoms with Crippen molar-refractivity contribution >= 4 is 38.6 Å². The van der Waals surface area contributed by atoms with Crippen LogP contribution in [0.2, 0.25) is 0 Å². The summed E-state index contributed by atoms with van der Waals surface area (Å²) in [4.78, 5) is 24.3. The molecule has 0 bridgehead atoms. The number of fused-ring (bicyclic) bond motifs is 1. The van der Waals surface area contributed by atoms with E-state index in [1.165, 1.54) is 4.90 Å². The first kappa shape index (κ1) is 14.6. The van der Waals surface area contributed by atoms with Gasteiger partial charge in [0.1, 0.15) is 6.54 Å². The number of primary amides is 1. The van der Waals surface area contributed by atoms with Gasteiger partial charge in [0.05, 0.1) is 6.54 Å². The Bertz CT molecular complexity index is 678. The molecule has 0 aliphatic carbocycles. The highest BCUT2D eigenvalue weighted by Gasteiger charge is 2.17. The molecule has 6 heteroatoms. The number of aromatic nitrogens is 1. The van der Waals surface area contributed by atoms with Crippen LogP contribution in [0.15, 0.2) is 28.7 Å². The van der Waals surface area contributed by atoms with Gasteiger partial charge in [0.15, 0.2) is 0 Å². The molecule has 0 atom stereocenters. The second-order valence-electron chi connectivity index (χ2n) is 4.72. The van der Waals surface area contributed by atoms with Crippen LogP contribution in [0.3, 0.4) is 0 Å². The van der Waals surface area contributed by atoms with Crippen molar-refractivity contribution in [2.75, 3.05) is 13.6 Å². The van der Waals surface area contributed by atoms with Gasteiger partial charge in [-0.2, -0.15) is 0 Å². The molecule has 0 radical (unpaired) electrons. The Morgan fingerprint density at radius 2 is 2.00 bits per heavy atom. The van der Waals surface area contributed by atoms with Gasteiger partial charge in [-0.15, -0.1) is 0 Å². The summed E-state index contributed by atoms with van der Waals surface area (Å²) in [6.07, 6.45) is 0. The van der Waals surface area contributed by atoms with E-state index in [4.69, 9.17) is 5.73 Å². The largest absolute Gasteiger partial charge is 0.368 e. The number of amides is 2. The Morgan fingerprint density at radius 3 is 2.65 bits per heavy atom. The number of rotatable bonds is 4. The van der Waals surface area contributed by atoms with E-state index < -0.39 is 5.91 Å². The van der Waals surface area contributed by atoms with Gasteiger partial charge in [-0.25, -0.2) is 0 Å². The highest BCUT2D eigenvalue weighted by Crippen LogP contribution is 2.30. The Kier molecular flexibility index (Phi) is 4.13. The van der Waals surface area contributed by atoms with Gasteiger partial charge in [0, 0.05) is 28.1 Å². The normalized spacial score (nSPS) is 10.8. The van der Waals surface area contributed by atoms with Crippen LogP contribution < -0.4 is 5.73 Å². The van der Waals surface area contributed by atoms with Crippen LogP contribution in [0.1, 0.15) is 5.69 Å². The van der Waals surface area contributed by atoms with Gasteiger partial charge in [-0.1, -0.05) is 18.2 Å². The number of nitrogens with two attached hydrogens (primary N) is 1. The number of carbonyl (C=O) groups excluding carboxylic acids is 2. The summed E-state index contributed by atoms with van der Waals surface area (Å²) >= 11 is 3.55. The molecule has 2 amide bonds. The zero-order valence-corrected chi connectivity index (χ0v) is 13.0. The standard InChI is InChI=1S/C14H16BrN3O2/c1-9-14(15)10-5-3-4-6-11(10)18(9)8-13(20)17(2)7-12(16)19/h3-6H,7-8H2,1-2H3,(H2,16,19). The first-order chi connectivity index (χ1) is 9.41. The third-order valence-electron chi connectivity index (χ3n) is 3.27. The summed E-state index contributed by atoms with van der Waals surface area (Å²) in [5.74, 6) is -0.670. The van der Waals surface area contributed by atoms with Gasteiger partial charge in [-0.05, 0) is 28.9 Å². The molecule has 0 saturated carbocycles. The van der Waals surface area contributed by atoms with Gasteiger partial charge in [0.25, 0.3) is 0 Å². The maximum atomic E-state index is 12.1. The number of hydrogen-bond donors (Lipinski definition) is 1. The maximum Gasteiger partial charge on any atom is 0.242 e. The van der Waals surface area contributed by atoms with E-state index in [-0.39, 0.29) is 19.0 Å². The van der Waals surface area contributed by atoms with E-state index in [1.54, 1.807) is 7.05 Å². The average Bonchev–Trinajstić information content (AvgIpc) is 2.64. The number of nitrogens with zero attached hydrogens (tertiary/aromatic N) is 2. The summed E-state index contributed by atoms with van der Waals surface area (Å²) in [6.45, 7) is 2.06. The van der Waals surface area contributed by atoms with Crippen LogP contribution in [0.4, 0.5) is 0 Å². The highest BCUT2D eigenvalue weighted by atomic mass is 79.9. The summed E-state index contributed by atoms with van der Waals surface area (Å²) < 4.78 is 2.91. The topological polar surface area (TPSA) is 68.3 Å². The lowest BCUT2D eigenvalue weighted by molar-refractivity contribution is -0.134. The van der Waals surface area contributed by atoms with E-state index in [2.05, 4.69) is 15.9 Å². The van der Waals surface area contributed by atoms with Crippen LogP contribution in [-0.4, -0.2) is 34.9 Å². The van der Waals surface area contributed by atoms with Crippen molar-refractivity contribution in [2.24, 2.45) is 5.73 Å². The van der Waals surface area contributed by atoms with Crippen molar-refractivity contribution in [1.82, 2.24) is 9.47 Å². The molecule has 0 spiro atoms. The number of benzene rings is 1. The lowest BCUT2D eigenvalue weighted by Crippen LogP contribution is -2.37. The van der Waals surface area contributed by atoms with Crippen molar-refractivity contribution in [3.63, 3.8) is 0 Å². The molecule has 0 saturated heterocycles. The van der Waals surface area contributed by atoms with Crippen molar-refractivity contribution in [1.29, 1.82) is 0 Å². The summed E-state index contributed by atoms with van der Waals surface area (Å²) in [7, 11) is 1.57. The molecule has 0 fully saturated rings. The van der Waals surface area contributed by atoms with E-state index >= 15 is 0 Å². The van der Waals surface area contributed by atoms with Gasteiger partial charge in [-0.3, -0.25) is 9.59 Å². The van der Waals surface area contributed by atoms with Crippen molar-refractivity contribution in [3.05, 3.63) is 34.4 Å². The number of carbonyl (C=O) groups is 2. The van der Waals surface area contributed by atoms with Gasteiger partial charge in [0.2, 0.25) is 11.8 Å². The molecule has 2 aromatic rings. The van der Waals surface area contributed by atoms with Crippen LogP contribution in [0, 0.1) is 6.92 Å². The number of halogens is 1. The molecular weight excluding hydrogens is 322 g/mol. The minimum atomic E-state index is -0.517. The summed E-state index contributed by atoms with van der Waals surface area (Å²) in [5.41, 5.74) is 7.06. The van der Waals surface area contributed by atoms with Crippen LogP contribution >= 0.6 is 15.9 Å². The first-order valence-electron chi connectivity index (χ1n) is 6.17. The molecule has 1 aromatic carbocycles. The van der Waals surface area contributed by atoms with Crippen LogP contribution in [-0.2, 0) is 16.1 Å². The van der Waals surface area contributed by atoms with E-state index in [0.717, 1.165) is 21.1 Å². The molecule has 1 aromatic heterocycles. The SMILES string of the molecule is Cc1c(Br)c2ccccc2n1CC(=O)N(C)CC(N)=O. The average molecular weight is 338 g/mol. The third kappa shape index (κ3) is 2.70. The number of para-hydroxylation sites is 1. The van der Waals surface area contributed by atoms with Crippen molar-refractivity contribution < 1.29 is 9.59 Å². The molecule has 0 aliphatic heterocycles. The molecule has 2 N–H and O–H groups in total.